The highest BCUT2D eigenvalue weighted by atomic mass is 35.5. The molecule has 0 radical (unpaired) electrons. The number of aromatic nitrogens is 1. The number of para-hydroxylation sites is 1. The molecular formula is C15H7Cl4NO. The first-order valence-electron chi connectivity index (χ1n) is 5.92. The van der Waals surface area contributed by atoms with Crippen molar-refractivity contribution in [3.8, 4) is 11.5 Å². The van der Waals surface area contributed by atoms with Gasteiger partial charge < -0.3 is 4.74 Å². The molecular weight excluding hydrogens is 352 g/mol. The Morgan fingerprint density at radius 2 is 1.57 bits per heavy atom. The van der Waals surface area contributed by atoms with Crippen molar-refractivity contribution in [2.45, 2.75) is 0 Å². The van der Waals surface area contributed by atoms with E-state index in [1.54, 1.807) is 30.5 Å². The van der Waals surface area contributed by atoms with Crippen LogP contribution < -0.4 is 4.74 Å². The Labute approximate surface area is 141 Å². The monoisotopic (exact) mass is 357 g/mol. The van der Waals surface area contributed by atoms with Gasteiger partial charge in [-0.05, 0) is 30.3 Å². The van der Waals surface area contributed by atoms with Crippen molar-refractivity contribution in [1.29, 1.82) is 0 Å². The van der Waals surface area contributed by atoms with Crippen molar-refractivity contribution in [1.82, 2.24) is 4.98 Å². The lowest BCUT2D eigenvalue weighted by Gasteiger charge is -2.12. The van der Waals surface area contributed by atoms with E-state index in [0.29, 0.717) is 37.1 Å². The second-order valence-electron chi connectivity index (χ2n) is 4.25. The minimum absolute atomic E-state index is 0.333. The molecule has 0 unspecified atom stereocenters. The maximum absolute atomic E-state index is 6.13. The summed E-state index contributed by atoms with van der Waals surface area (Å²) in [6.07, 6.45) is 1.61. The molecule has 0 saturated heterocycles. The van der Waals surface area contributed by atoms with Crippen LogP contribution in [0.15, 0.2) is 42.6 Å². The maximum atomic E-state index is 6.13. The number of rotatable bonds is 2. The van der Waals surface area contributed by atoms with E-state index >= 15 is 0 Å². The maximum Gasteiger partial charge on any atom is 0.164 e. The zero-order valence-electron chi connectivity index (χ0n) is 10.4. The molecule has 1 aromatic heterocycles. The number of pyridine rings is 1. The van der Waals surface area contributed by atoms with Crippen molar-refractivity contribution in [2.24, 2.45) is 0 Å². The quantitative estimate of drug-likeness (QED) is 0.512. The lowest BCUT2D eigenvalue weighted by molar-refractivity contribution is 0.488. The van der Waals surface area contributed by atoms with E-state index in [2.05, 4.69) is 4.98 Å². The van der Waals surface area contributed by atoms with Crippen molar-refractivity contribution >= 4 is 57.3 Å². The average molecular weight is 359 g/mol. The number of nitrogens with zero attached hydrogens (tertiary/aromatic N) is 1. The van der Waals surface area contributed by atoms with E-state index in [1.807, 2.05) is 12.1 Å². The fourth-order valence-corrected chi connectivity index (χ4v) is 3.06. The van der Waals surface area contributed by atoms with Gasteiger partial charge in [-0.3, -0.25) is 4.98 Å². The van der Waals surface area contributed by atoms with Gasteiger partial charge in [0.15, 0.2) is 5.75 Å². The summed E-state index contributed by atoms with van der Waals surface area (Å²) in [6, 6.07) is 10.3. The molecule has 6 heteroatoms. The Balaban J connectivity index is 2.13. The lowest BCUT2D eigenvalue weighted by Crippen LogP contribution is -1.90. The van der Waals surface area contributed by atoms with Gasteiger partial charge in [-0.15, -0.1) is 0 Å². The molecule has 0 saturated carbocycles. The van der Waals surface area contributed by atoms with Gasteiger partial charge in [-0.1, -0.05) is 52.5 Å². The van der Waals surface area contributed by atoms with E-state index in [1.165, 1.54) is 0 Å². The normalized spacial score (nSPS) is 10.9. The number of ether oxygens (including phenoxy) is 1. The molecule has 0 aliphatic carbocycles. The van der Waals surface area contributed by atoms with Gasteiger partial charge in [0.05, 0.1) is 20.6 Å². The molecule has 0 amide bonds. The van der Waals surface area contributed by atoms with Crippen molar-refractivity contribution in [3.05, 3.63) is 62.7 Å². The number of halogens is 4. The SMILES string of the molecule is Clc1cc(Cl)c(Oc2ccnc3c(Cl)cccc23)c(Cl)c1. The molecule has 0 fully saturated rings. The van der Waals surface area contributed by atoms with E-state index in [-0.39, 0.29) is 0 Å². The summed E-state index contributed by atoms with van der Waals surface area (Å²) >= 11 is 24.3. The van der Waals surface area contributed by atoms with Crippen LogP contribution >= 0.6 is 46.4 Å². The van der Waals surface area contributed by atoms with Gasteiger partial charge in [0.2, 0.25) is 0 Å². The number of hydrogen-bond donors (Lipinski definition) is 0. The standard InChI is InChI=1S/C15H7Cl4NO/c16-8-6-11(18)15(12(19)7-8)21-13-4-5-20-14-9(13)2-1-3-10(14)17/h1-7H. The van der Waals surface area contributed by atoms with Crippen LogP contribution in [0.2, 0.25) is 20.1 Å². The van der Waals surface area contributed by atoms with E-state index < -0.39 is 0 Å². The largest absolute Gasteiger partial charge is 0.453 e. The summed E-state index contributed by atoms with van der Waals surface area (Å²) in [7, 11) is 0. The molecule has 21 heavy (non-hydrogen) atoms. The lowest BCUT2D eigenvalue weighted by atomic mass is 10.2. The van der Waals surface area contributed by atoms with Crippen LogP contribution in [-0.2, 0) is 0 Å². The fraction of sp³-hybridized carbons (Fsp3) is 0. The van der Waals surface area contributed by atoms with Gasteiger partial charge in [-0.2, -0.15) is 0 Å². The van der Waals surface area contributed by atoms with Crippen molar-refractivity contribution < 1.29 is 4.74 Å². The molecule has 0 atom stereocenters. The Morgan fingerprint density at radius 1 is 0.857 bits per heavy atom. The molecule has 0 spiro atoms. The first kappa shape index (κ1) is 14.7. The zero-order valence-corrected chi connectivity index (χ0v) is 13.4. The molecule has 0 aliphatic rings. The third-order valence-corrected chi connectivity index (χ3v) is 3.94. The summed E-state index contributed by atoms with van der Waals surface area (Å²) in [5.41, 5.74) is 0.651. The molecule has 2 nitrogen and oxygen atoms in total. The van der Waals surface area contributed by atoms with Crippen LogP contribution in [0.3, 0.4) is 0 Å². The van der Waals surface area contributed by atoms with Crippen LogP contribution in [0.1, 0.15) is 0 Å². The highest BCUT2D eigenvalue weighted by Gasteiger charge is 2.13. The Hall–Kier alpha value is -1.19. The van der Waals surface area contributed by atoms with Gasteiger partial charge in [0.25, 0.3) is 0 Å². The Kier molecular flexibility index (Phi) is 4.14. The summed E-state index contributed by atoms with van der Waals surface area (Å²) in [5, 5.41) is 2.43. The van der Waals surface area contributed by atoms with Crippen molar-refractivity contribution in [3.63, 3.8) is 0 Å². The second kappa shape index (κ2) is 5.90. The summed E-state index contributed by atoms with van der Waals surface area (Å²) < 4.78 is 5.84. The van der Waals surface area contributed by atoms with Crippen LogP contribution in [0.25, 0.3) is 10.9 Å². The third kappa shape index (κ3) is 2.90. The highest BCUT2D eigenvalue weighted by Crippen LogP contribution is 2.40. The molecule has 3 rings (SSSR count). The summed E-state index contributed by atoms with van der Waals surface area (Å²) in [6.45, 7) is 0. The van der Waals surface area contributed by atoms with Crippen LogP contribution in [0.4, 0.5) is 0 Å². The third-order valence-electron chi connectivity index (χ3n) is 2.86. The van der Waals surface area contributed by atoms with Gasteiger partial charge in [0, 0.05) is 16.6 Å². The predicted molar refractivity (Wildman–Crippen MR) is 88.3 cm³/mol. The number of hydrogen-bond acceptors (Lipinski definition) is 2. The Bertz CT molecular complexity index is 812. The first-order chi connectivity index (χ1) is 10.1. The molecule has 0 N–H and O–H groups in total. The molecule has 0 bridgehead atoms. The molecule has 0 aliphatic heterocycles. The molecule has 106 valence electrons. The molecule has 3 aromatic rings. The number of fused-ring (bicyclic) bond motifs is 1. The molecule has 2 aromatic carbocycles. The van der Waals surface area contributed by atoms with E-state index in [9.17, 15) is 0 Å². The minimum atomic E-state index is 0.333. The summed E-state index contributed by atoms with van der Waals surface area (Å²) in [4.78, 5) is 4.24. The zero-order chi connectivity index (χ0) is 15.0. The fourth-order valence-electron chi connectivity index (χ4n) is 1.94. The predicted octanol–water partition coefficient (Wildman–Crippen LogP) is 6.64. The van der Waals surface area contributed by atoms with Gasteiger partial charge in [0.1, 0.15) is 5.75 Å². The van der Waals surface area contributed by atoms with Crippen LogP contribution in [-0.4, -0.2) is 4.98 Å². The van der Waals surface area contributed by atoms with Crippen LogP contribution in [0, 0.1) is 0 Å². The average Bonchev–Trinajstić information content (AvgIpc) is 2.43. The minimum Gasteiger partial charge on any atom is -0.453 e. The van der Waals surface area contributed by atoms with E-state index in [4.69, 9.17) is 51.1 Å². The van der Waals surface area contributed by atoms with E-state index in [0.717, 1.165) is 5.39 Å². The smallest absolute Gasteiger partial charge is 0.164 e. The topological polar surface area (TPSA) is 22.1 Å². The first-order valence-corrected chi connectivity index (χ1v) is 7.43. The summed E-state index contributed by atoms with van der Waals surface area (Å²) in [5.74, 6) is 0.906. The van der Waals surface area contributed by atoms with Gasteiger partial charge >= 0.3 is 0 Å². The molecule has 1 heterocycles. The van der Waals surface area contributed by atoms with Gasteiger partial charge in [-0.25, -0.2) is 0 Å². The number of benzene rings is 2. The highest BCUT2D eigenvalue weighted by molar-refractivity contribution is 6.40. The van der Waals surface area contributed by atoms with Crippen LogP contribution in [0.5, 0.6) is 11.5 Å². The Morgan fingerprint density at radius 3 is 2.29 bits per heavy atom. The second-order valence-corrected chi connectivity index (χ2v) is 5.90. The van der Waals surface area contributed by atoms with Crippen molar-refractivity contribution in [2.75, 3.05) is 0 Å².